The molecule has 1 atom stereocenters. The Bertz CT molecular complexity index is 650. The highest BCUT2D eigenvalue weighted by molar-refractivity contribution is 7.09. The molecule has 0 radical (unpaired) electrons. The molecular weight excluding hydrogens is 274 g/mol. The van der Waals surface area contributed by atoms with Crippen LogP contribution in [0, 0.1) is 0 Å². The van der Waals surface area contributed by atoms with Gasteiger partial charge in [-0.1, -0.05) is 6.07 Å². The molecule has 1 unspecified atom stereocenters. The smallest absolute Gasteiger partial charge is 0.270 e. The Labute approximate surface area is 120 Å². The number of carbonyl (C=O) groups excluding carboxylic acids is 1. The van der Waals surface area contributed by atoms with Gasteiger partial charge < -0.3 is 9.88 Å². The van der Waals surface area contributed by atoms with Crippen molar-refractivity contribution in [3.63, 3.8) is 0 Å². The molecule has 20 heavy (non-hydrogen) atoms. The molecule has 5 nitrogen and oxygen atoms in total. The molecule has 1 fully saturated rings. The van der Waals surface area contributed by atoms with Crippen molar-refractivity contribution in [2.45, 2.75) is 25.3 Å². The Hall–Kier alpha value is -1.95. The number of hydrogen-bond acceptors (Lipinski definition) is 4. The zero-order chi connectivity index (χ0) is 13.9. The van der Waals surface area contributed by atoms with Gasteiger partial charge in [-0.15, -0.1) is 11.3 Å². The molecular formula is C14H15N3O2S. The number of piperidine rings is 1. The van der Waals surface area contributed by atoms with Crippen molar-refractivity contribution in [2.75, 3.05) is 6.54 Å². The van der Waals surface area contributed by atoms with Crippen LogP contribution in [0.3, 0.4) is 0 Å². The maximum atomic E-state index is 12.6. The standard InChI is InChI=1S/C14H15N3O2S/c18-12-6-3-4-10(16-12)14(19)17-8-2-1-5-11(17)13-15-7-9-20-13/h3-4,6-7,9,11H,1-2,5,8H2,(H,16,18). The number of amides is 1. The first-order chi connectivity index (χ1) is 9.75. The lowest BCUT2D eigenvalue weighted by molar-refractivity contribution is 0.0605. The molecule has 1 amide bonds. The van der Waals surface area contributed by atoms with Crippen molar-refractivity contribution in [2.24, 2.45) is 0 Å². The third-order valence-electron chi connectivity index (χ3n) is 3.50. The lowest BCUT2D eigenvalue weighted by Gasteiger charge is -2.34. The number of aromatic nitrogens is 2. The molecule has 0 bridgehead atoms. The van der Waals surface area contributed by atoms with Gasteiger partial charge in [0.15, 0.2) is 0 Å². The van der Waals surface area contributed by atoms with E-state index in [1.54, 1.807) is 29.7 Å². The number of nitrogens with zero attached hydrogens (tertiary/aromatic N) is 2. The summed E-state index contributed by atoms with van der Waals surface area (Å²) in [5, 5.41) is 2.90. The molecule has 1 aliphatic rings. The number of rotatable bonds is 2. The number of thiazole rings is 1. The predicted octanol–water partition coefficient (Wildman–Crippen LogP) is 2.20. The summed E-state index contributed by atoms with van der Waals surface area (Å²) in [5.74, 6) is -0.123. The van der Waals surface area contributed by atoms with E-state index < -0.39 is 0 Å². The summed E-state index contributed by atoms with van der Waals surface area (Å²) in [6, 6.07) is 4.69. The van der Waals surface area contributed by atoms with Crippen LogP contribution in [0.15, 0.2) is 34.6 Å². The van der Waals surface area contributed by atoms with Crippen molar-refractivity contribution < 1.29 is 4.79 Å². The van der Waals surface area contributed by atoms with E-state index in [0.717, 1.165) is 24.3 Å². The Kier molecular flexibility index (Phi) is 3.64. The van der Waals surface area contributed by atoms with Crippen molar-refractivity contribution in [3.8, 4) is 0 Å². The van der Waals surface area contributed by atoms with Crippen LogP contribution in [-0.2, 0) is 0 Å². The molecule has 1 saturated heterocycles. The zero-order valence-corrected chi connectivity index (χ0v) is 11.7. The molecule has 2 aromatic rings. The van der Waals surface area contributed by atoms with Gasteiger partial charge in [-0.25, -0.2) is 4.98 Å². The van der Waals surface area contributed by atoms with Gasteiger partial charge in [-0.2, -0.15) is 0 Å². The maximum absolute atomic E-state index is 12.6. The van der Waals surface area contributed by atoms with E-state index >= 15 is 0 Å². The van der Waals surface area contributed by atoms with Gasteiger partial charge in [-0.05, 0) is 25.3 Å². The Morgan fingerprint density at radius 1 is 1.40 bits per heavy atom. The van der Waals surface area contributed by atoms with Crippen LogP contribution >= 0.6 is 11.3 Å². The predicted molar refractivity (Wildman–Crippen MR) is 76.8 cm³/mol. The first kappa shape index (κ1) is 13.1. The zero-order valence-electron chi connectivity index (χ0n) is 10.9. The minimum Gasteiger partial charge on any atom is -0.328 e. The van der Waals surface area contributed by atoms with E-state index in [4.69, 9.17) is 0 Å². The molecule has 6 heteroatoms. The van der Waals surface area contributed by atoms with Crippen LogP contribution in [-0.4, -0.2) is 27.3 Å². The second-order valence-corrected chi connectivity index (χ2v) is 5.74. The largest absolute Gasteiger partial charge is 0.328 e. The summed E-state index contributed by atoms with van der Waals surface area (Å²) in [6.07, 6.45) is 4.78. The monoisotopic (exact) mass is 289 g/mol. The normalized spacial score (nSPS) is 19.0. The molecule has 3 rings (SSSR count). The molecule has 0 saturated carbocycles. The van der Waals surface area contributed by atoms with Crippen molar-refractivity contribution in [1.82, 2.24) is 14.9 Å². The van der Waals surface area contributed by atoms with Crippen LogP contribution in [0.2, 0.25) is 0 Å². The van der Waals surface area contributed by atoms with Crippen LogP contribution in [0.1, 0.15) is 40.8 Å². The second-order valence-electron chi connectivity index (χ2n) is 4.81. The highest BCUT2D eigenvalue weighted by atomic mass is 32.1. The van der Waals surface area contributed by atoms with Crippen LogP contribution in [0.25, 0.3) is 0 Å². The summed E-state index contributed by atoms with van der Waals surface area (Å²) < 4.78 is 0. The minimum absolute atomic E-state index is 0.0277. The second kappa shape index (κ2) is 5.58. The molecule has 1 aliphatic heterocycles. The summed E-state index contributed by atoms with van der Waals surface area (Å²) >= 11 is 1.57. The molecule has 2 aromatic heterocycles. The quantitative estimate of drug-likeness (QED) is 0.921. The number of hydrogen-bond donors (Lipinski definition) is 1. The molecule has 3 heterocycles. The minimum atomic E-state index is -0.251. The molecule has 0 spiro atoms. The molecule has 0 aliphatic carbocycles. The highest BCUT2D eigenvalue weighted by Gasteiger charge is 2.30. The Morgan fingerprint density at radius 2 is 2.30 bits per heavy atom. The molecule has 104 valence electrons. The maximum Gasteiger partial charge on any atom is 0.270 e. The number of H-pyrrole nitrogens is 1. The summed E-state index contributed by atoms with van der Waals surface area (Å²) in [5.41, 5.74) is 0.0969. The van der Waals surface area contributed by atoms with E-state index in [1.807, 2.05) is 10.3 Å². The third-order valence-corrected chi connectivity index (χ3v) is 4.38. The van der Waals surface area contributed by atoms with Crippen molar-refractivity contribution >= 4 is 17.2 Å². The van der Waals surface area contributed by atoms with Crippen molar-refractivity contribution in [1.29, 1.82) is 0 Å². The van der Waals surface area contributed by atoms with Gasteiger partial charge in [0.1, 0.15) is 10.7 Å². The number of carbonyl (C=O) groups is 1. The van der Waals surface area contributed by atoms with Crippen LogP contribution in [0.4, 0.5) is 0 Å². The van der Waals surface area contributed by atoms with Gasteiger partial charge in [0.25, 0.3) is 5.91 Å². The molecule has 0 aromatic carbocycles. The van der Waals surface area contributed by atoms with Crippen LogP contribution in [0.5, 0.6) is 0 Å². The fourth-order valence-electron chi connectivity index (χ4n) is 2.56. The number of likely N-dealkylation sites (tertiary alicyclic amines) is 1. The topological polar surface area (TPSA) is 66.1 Å². The average molecular weight is 289 g/mol. The van der Waals surface area contributed by atoms with E-state index in [9.17, 15) is 9.59 Å². The SMILES string of the molecule is O=C(c1cccc(=O)[nH]1)N1CCCCC1c1nccs1. The summed E-state index contributed by atoms with van der Waals surface area (Å²) in [4.78, 5) is 32.7. The van der Waals surface area contributed by atoms with Gasteiger partial charge in [0.05, 0.1) is 6.04 Å². The number of nitrogens with one attached hydrogen (secondary N) is 1. The van der Waals surface area contributed by atoms with Crippen molar-refractivity contribution in [3.05, 3.63) is 50.8 Å². The van der Waals surface area contributed by atoms with Gasteiger partial charge >= 0.3 is 0 Å². The first-order valence-electron chi connectivity index (χ1n) is 6.65. The van der Waals surface area contributed by atoms with Gasteiger partial charge in [-0.3, -0.25) is 9.59 Å². The number of aromatic amines is 1. The average Bonchev–Trinajstić information content (AvgIpc) is 3.00. The van der Waals surface area contributed by atoms with Gasteiger partial charge in [0.2, 0.25) is 5.56 Å². The highest BCUT2D eigenvalue weighted by Crippen LogP contribution is 2.32. The fourth-order valence-corrected chi connectivity index (χ4v) is 3.34. The lowest BCUT2D eigenvalue weighted by Crippen LogP contribution is -2.39. The third kappa shape index (κ3) is 2.51. The van der Waals surface area contributed by atoms with E-state index in [2.05, 4.69) is 9.97 Å². The van der Waals surface area contributed by atoms with Gasteiger partial charge in [0, 0.05) is 24.2 Å². The molecule has 1 N–H and O–H groups in total. The summed E-state index contributed by atoms with van der Waals surface area (Å²) in [6.45, 7) is 0.708. The number of pyridine rings is 1. The van der Waals surface area contributed by atoms with Crippen LogP contribution < -0.4 is 5.56 Å². The van der Waals surface area contributed by atoms with E-state index in [1.165, 1.54) is 6.07 Å². The van der Waals surface area contributed by atoms with E-state index in [0.29, 0.717) is 12.2 Å². The first-order valence-corrected chi connectivity index (χ1v) is 7.53. The van der Waals surface area contributed by atoms with E-state index in [-0.39, 0.29) is 17.5 Å². The lowest BCUT2D eigenvalue weighted by atomic mass is 10.0. The summed E-state index contributed by atoms with van der Waals surface area (Å²) in [7, 11) is 0. The fraction of sp³-hybridized carbons (Fsp3) is 0.357. The Balaban J connectivity index is 1.90. The Morgan fingerprint density at radius 3 is 3.05 bits per heavy atom.